The number of unbranched alkanes of at least 4 members (excludes halogenated alkanes) is 24. The van der Waals surface area contributed by atoms with Crippen LogP contribution in [0.2, 0.25) is 0 Å². The lowest BCUT2D eigenvalue weighted by molar-refractivity contribution is -0.167. The summed E-state index contributed by atoms with van der Waals surface area (Å²) >= 11 is 0. The number of allylic oxidation sites excluding steroid dienone is 12. The molecule has 0 amide bonds. The molecule has 0 aliphatic rings. The molecule has 0 saturated heterocycles. The molecule has 0 N–H and O–H groups in total. The van der Waals surface area contributed by atoms with Gasteiger partial charge in [0, 0.05) is 19.3 Å². The third-order valence-corrected chi connectivity index (χ3v) is 11.2. The van der Waals surface area contributed by atoms with E-state index in [-0.39, 0.29) is 31.1 Å². The van der Waals surface area contributed by atoms with Crippen molar-refractivity contribution in [2.24, 2.45) is 0 Å². The summed E-state index contributed by atoms with van der Waals surface area (Å²) in [6, 6.07) is 0. The first-order valence-electron chi connectivity index (χ1n) is 26.4. The van der Waals surface area contributed by atoms with Gasteiger partial charge in [0.25, 0.3) is 0 Å². The first kappa shape index (κ1) is 59.9. The fraction of sp³-hybridized carbons (Fsp3) is 0.737. The fourth-order valence-electron chi connectivity index (χ4n) is 7.23. The maximum atomic E-state index is 12.8. The lowest BCUT2D eigenvalue weighted by Gasteiger charge is -2.18. The lowest BCUT2D eigenvalue weighted by Crippen LogP contribution is -2.30. The molecule has 0 unspecified atom stereocenters. The smallest absolute Gasteiger partial charge is 0.306 e. The standard InChI is InChI=1S/C57H98O6/c1-4-7-10-13-16-19-22-25-28-31-34-37-40-43-46-49-55(58)61-52-54(63-57(60)51-48-45-42-39-36-33-30-27-24-21-18-15-12-9-6-3)53-62-56(59)50-47-44-41-38-35-32-29-26-23-20-17-14-11-8-5-2/h7,10,16-17,19-20,25-26,28-29,35,38,54H,4-6,8-9,11-15,18,21-24,27,30-34,36-37,39-53H2,1-3H3/b10-7-,19-16-,20-17-,28-25-,29-26-,38-35-/t54-/m1/s1. The SMILES string of the molecule is CC/C=C\C/C=C\C/C=C\CCCCCCCC(=O)OC[C@H](COC(=O)CCCC/C=C\C/C=C\C/C=C\CCCCC)OC(=O)CCCCCCCCCCCCCCCCC. The molecule has 6 heteroatoms. The maximum absolute atomic E-state index is 12.8. The average molecular weight is 879 g/mol. The second kappa shape index (κ2) is 51.5. The van der Waals surface area contributed by atoms with Crippen molar-refractivity contribution in [2.45, 2.75) is 258 Å². The Bertz CT molecular complexity index is 1190. The molecule has 0 aliphatic heterocycles. The van der Waals surface area contributed by atoms with E-state index < -0.39 is 6.10 Å². The van der Waals surface area contributed by atoms with E-state index >= 15 is 0 Å². The second-order valence-electron chi connectivity index (χ2n) is 17.4. The number of rotatable bonds is 47. The van der Waals surface area contributed by atoms with Gasteiger partial charge in [0.1, 0.15) is 13.2 Å². The van der Waals surface area contributed by atoms with Crippen LogP contribution in [-0.4, -0.2) is 37.2 Å². The van der Waals surface area contributed by atoms with Crippen LogP contribution in [-0.2, 0) is 28.6 Å². The van der Waals surface area contributed by atoms with Gasteiger partial charge in [-0.2, -0.15) is 0 Å². The Kier molecular flexibility index (Phi) is 48.9. The van der Waals surface area contributed by atoms with E-state index in [0.717, 1.165) is 109 Å². The largest absolute Gasteiger partial charge is 0.462 e. The minimum absolute atomic E-state index is 0.0951. The summed E-state index contributed by atoms with van der Waals surface area (Å²) in [5.41, 5.74) is 0. The molecule has 0 aromatic rings. The molecule has 0 aromatic carbocycles. The van der Waals surface area contributed by atoms with Gasteiger partial charge in [-0.15, -0.1) is 0 Å². The highest BCUT2D eigenvalue weighted by atomic mass is 16.6. The Labute approximate surface area is 389 Å². The number of carbonyl (C=O) groups excluding carboxylic acids is 3. The Balaban J connectivity index is 4.46. The molecule has 0 spiro atoms. The minimum atomic E-state index is -0.796. The van der Waals surface area contributed by atoms with Gasteiger partial charge >= 0.3 is 17.9 Å². The summed E-state index contributed by atoms with van der Waals surface area (Å²) in [6.07, 6.45) is 64.5. The molecular weight excluding hydrogens is 781 g/mol. The lowest BCUT2D eigenvalue weighted by atomic mass is 10.0. The van der Waals surface area contributed by atoms with Gasteiger partial charge in [-0.3, -0.25) is 14.4 Å². The van der Waals surface area contributed by atoms with E-state index in [9.17, 15) is 14.4 Å². The topological polar surface area (TPSA) is 78.9 Å². The highest BCUT2D eigenvalue weighted by molar-refractivity contribution is 5.71. The van der Waals surface area contributed by atoms with Crippen molar-refractivity contribution < 1.29 is 28.6 Å². The van der Waals surface area contributed by atoms with Crippen molar-refractivity contribution >= 4 is 17.9 Å². The highest BCUT2D eigenvalue weighted by Gasteiger charge is 2.19. The summed E-state index contributed by atoms with van der Waals surface area (Å²) in [7, 11) is 0. The fourth-order valence-corrected chi connectivity index (χ4v) is 7.23. The van der Waals surface area contributed by atoms with Crippen LogP contribution in [0.15, 0.2) is 72.9 Å². The van der Waals surface area contributed by atoms with Crippen molar-refractivity contribution in [3.05, 3.63) is 72.9 Å². The van der Waals surface area contributed by atoms with Gasteiger partial charge in [0.2, 0.25) is 0 Å². The summed E-state index contributed by atoms with van der Waals surface area (Å²) in [5, 5.41) is 0. The number of carbonyl (C=O) groups is 3. The molecular formula is C57H98O6. The molecule has 0 bridgehead atoms. The predicted octanol–water partition coefficient (Wildman–Crippen LogP) is 17.4. The zero-order valence-electron chi connectivity index (χ0n) is 41.3. The number of ether oxygens (including phenoxy) is 3. The van der Waals surface area contributed by atoms with Crippen molar-refractivity contribution in [1.82, 2.24) is 0 Å². The van der Waals surface area contributed by atoms with Crippen molar-refractivity contribution in [3.63, 3.8) is 0 Å². The third kappa shape index (κ3) is 49.7. The quantitative estimate of drug-likeness (QED) is 0.0262. The molecule has 6 nitrogen and oxygen atoms in total. The van der Waals surface area contributed by atoms with Crippen LogP contribution in [0.5, 0.6) is 0 Å². The molecule has 0 heterocycles. The van der Waals surface area contributed by atoms with E-state index in [4.69, 9.17) is 14.2 Å². The third-order valence-electron chi connectivity index (χ3n) is 11.2. The van der Waals surface area contributed by atoms with Crippen LogP contribution in [0, 0.1) is 0 Å². The number of hydrogen-bond acceptors (Lipinski definition) is 6. The summed E-state index contributed by atoms with van der Waals surface area (Å²) in [5.74, 6) is -0.945. The zero-order chi connectivity index (χ0) is 45.8. The molecule has 0 rings (SSSR count). The molecule has 0 fully saturated rings. The van der Waals surface area contributed by atoms with Gasteiger partial charge in [-0.05, 0) is 89.9 Å². The first-order chi connectivity index (χ1) is 31.0. The van der Waals surface area contributed by atoms with Gasteiger partial charge in [0.15, 0.2) is 6.10 Å². The molecule has 63 heavy (non-hydrogen) atoms. The van der Waals surface area contributed by atoms with Crippen LogP contribution in [0.25, 0.3) is 0 Å². The zero-order valence-corrected chi connectivity index (χ0v) is 41.3. The Morgan fingerprint density at radius 3 is 1.03 bits per heavy atom. The monoisotopic (exact) mass is 879 g/mol. The van der Waals surface area contributed by atoms with Crippen LogP contribution in [0.4, 0.5) is 0 Å². The van der Waals surface area contributed by atoms with E-state index in [1.165, 1.54) is 103 Å². The van der Waals surface area contributed by atoms with Crippen LogP contribution in [0.1, 0.15) is 252 Å². The summed E-state index contributed by atoms with van der Waals surface area (Å²) in [6.45, 7) is 6.46. The Morgan fingerprint density at radius 1 is 0.333 bits per heavy atom. The van der Waals surface area contributed by atoms with Gasteiger partial charge in [0.05, 0.1) is 0 Å². The van der Waals surface area contributed by atoms with Gasteiger partial charge in [-0.1, -0.05) is 216 Å². The maximum Gasteiger partial charge on any atom is 0.306 e. The number of esters is 3. The van der Waals surface area contributed by atoms with Crippen molar-refractivity contribution in [1.29, 1.82) is 0 Å². The normalized spacial score (nSPS) is 12.6. The van der Waals surface area contributed by atoms with Gasteiger partial charge < -0.3 is 14.2 Å². The number of hydrogen-bond donors (Lipinski definition) is 0. The van der Waals surface area contributed by atoms with E-state index in [1.54, 1.807) is 0 Å². The summed E-state index contributed by atoms with van der Waals surface area (Å²) in [4.78, 5) is 38.0. The summed E-state index contributed by atoms with van der Waals surface area (Å²) < 4.78 is 16.8. The predicted molar refractivity (Wildman–Crippen MR) is 270 cm³/mol. The van der Waals surface area contributed by atoms with Crippen molar-refractivity contribution in [3.8, 4) is 0 Å². The molecule has 0 aliphatic carbocycles. The molecule has 1 atom stereocenters. The van der Waals surface area contributed by atoms with Crippen LogP contribution in [0.3, 0.4) is 0 Å². The van der Waals surface area contributed by atoms with E-state index in [2.05, 4.69) is 93.7 Å². The Hall–Kier alpha value is -3.15. The van der Waals surface area contributed by atoms with E-state index in [1.807, 2.05) is 0 Å². The molecule has 0 radical (unpaired) electrons. The molecule has 0 saturated carbocycles. The minimum Gasteiger partial charge on any atom is -0.462 e. The van der Waals surface area contributed by atoms with Crippen molar-refractivity contribution in [2.75, 3.05) is 13.2 Å². The van der Waals surface area contributed by atoms with Gasteiger partial charge in [-0.25, -0.2) is 0 Å². The second-order valence-corrected chi connectivity index (χ2v) is 17.4. The van der Waals surface area contributed by atoms with Crippen LogP contribution < -0.4 is 0 Å². The highest BCUT2D eigenvalue weighted by Crippen LogP contribution is 2.15. The molecule has 0 aromatic heterocycles. The molecule has 362 valence electrons. The first-order valence-corrected chi connectivity index (χ1v) is 26.4. The Morgan fingerprint density at radius 2 is 0.619 bits per heavy atom. The average Bonchev–Trinajstić information content (AvgIpc) is 3.28. The van der Waals surface area contributed by atoms with E-state index in [0.29, 0.717) is 19.3 Å². The van der Waals surface area contributed by atoms with Crippen LogP contribution >= 0.6 is 0 Å².